The van der Waals surface area contributed by atoms with Gasteiger partial charge in [0.1, 0.15) is 17.6 Å². The first-order valence-electron chi connectivity index (χ1n) is 9.83. The molecule has 0 unspecified atom stereocenters. The van der Waals surface area contributed by atoms with Crippen molar-refractivity contribution in [1.29, 1.82) is 5.26 Å². The van der Waals surface area contributed by atoms with E-state index >= 15 is 0 Å². The van der Waals surface area contributed by atoms with Crippen molar-refractivity contribution in [3.63, 3.8) is 0 Å². The van der Waals surface area contributed by atoms with E-state index in [2.05, 4.69) is 30.7 Å². The Morgan fingerprint density at radius 2 is 2.13 bits per heavy atom. The number of anilines is 2. The largest absolute Gasteiger partial charge is 0.396 e. The predicted molar refractivity (Wildman–Crippen MR) is 115 cm³/mol. The third-order valence-electron chi connectivity index (χ3n) is 4.60. The van der Waals surface area contributed by atoms with E-state index in [0.717, 1.165) is 11.3 Å². The van der Waals surface area contributed by atoms with Crippen molar-refractivity contribution in [3.8, 4) is 23.1 Å². The second kappa shape index (κ2) is 8.37. The highest BCUT2D eigenvalue weighted by Gasteiger charge is 2.16. The zero-order valence-corrected chi connectivity index (χ0v) is 17.2. The van der Waals surface area contributed by atoms with Crippen molar-refractivity contribution in [2.24, 2.45) is 0 Å². The Morgan fingerprint density at radius 3 is 2.87 bits per heavy atom. The Hall–Kier alpha value is -4.04. The first-order valence-corrected chi connectivity index (χ1v) is 9.83. The minimum absolute atomic E-state index is 0.0951. The maximum absolute atomic E-state index is 9.17. The monoisotopic (exact) mass is 418 g/mol. The molecule has 158 valence electrons. The molecule has 0 fully saturated rings. The summed E-state index contributed by atoms with van der Waals surface area (Å²) in [4.78, 5) is 8.89. The van der Waals surface area contributed by atoms with Crippen molar-refractivity contribution < 1.29 is 5.11 Å². The van der Waals surface area contributed by atoms with Gasteiger partial charge in [0.05, 0.1) is 18.0 Å². The average molecular weight is 418 g/mol. The number of nitrogens with one attached hydrogen (secondary N) is 1. The highest BCUT2D eigenvalue weighted by molar-refractivity contribution is 5.81. The van der Waals surface area contributed by atoms with Gasteiger partial charge in [0.2, 0.25) is 0 Å². The van der Waals surface area contributed by atoms with Crippen LogP contribution in [0.15, 0.2) is 30.7 Å². The number of rotatable bonds is 7. The molecule has 4 heterocycles. The molecule has 0 aliphatic carbocycles. The number of pyridine rings is 2. The number of nitrogens with two attached hydrogens (primary N) is 1. The minimum Gasteiger partial charge on any atom is -0.396 e. The van der Waals surface area contributed by atoms with E-state index in [1.165, 1.54) is 0 Å². The Bertz CT molecular complexity index is 1270. The molecule has 0 radical (unpaired) electrons. The van der Waals surface area contributed by atoms with Crippen molar-refractivity contribution in [1.82, 2.24) is 34.7 Å². The number of hydrogen-bond donors (Lipinski definition) is 3. The van der Waals surface area contributed by atoms with Crippen LogP contribution in [0.25, 0.3) is 28.1 Å². The number of aliphatic hydroxyl groups is 1. The minimum atomic E-state index is 0.0951. The van der Waals surface area contributed by atoms with Crippen molar-refractivity contribution >= 4 is 22.5 Å². The molecule has 0 saturated carbocycles. The lowest BCUT2D eigenvalue weighted by atomic mass is 10.1. The van der Waals surface area contributed by atoms with Gasteiger partial charge in [-0.2, -0.15) is 15.0 Å². The summed E-state index contributed by atoms with van der Waals surface area (Å²) in [6.45, 7) is 4.75. The van der Waals surface area contributed by atoms with Gasteiger partial charge >= 0.3 is 0 Å². The third-order valence-corrected chi connectivity index (χ3v) is 4.60. The maximum Gasteiger partial charge on any atom is 0.167 e. The number of aliphatic hydroxyl groups excluding tert-OH is 1. The fraction of sp³-hybridized carbons (Fsp3) is 0.300. The van der Waals surface area contributed by atoms with Gasteiger partial charge in [-0.15, -0.1) is 5.10 Å². The van der Waals surface area contributed by atoms with Gasteiger partial charge in [0, 0.05) is 48.1 Å². The second-order valence-corrected chi connectivity index (χ2v) is 7.33. The number of nitrogen functional groups attached to an aromatic ring is 1. The molecule has 0 aliphatic rings. The lowest BCUT2D eigenvalue weighted by Gasteiger charge is -2.15. The van der Waals surface area contributed by atoms with Gasteiger partial charge in [-0.05, 0) is 26.3 Å². The lowest BCUT2D eigenvalue weighted by Crippen LogP contribution is -2.12. The normalized spacial score (nSPS) is 11.2. The van der Waals surface area contributed by atoms with E-state index < -0.39 is 0 Å². The Morgan fingerprint density at radius 1 is 1.29 bits per heavy atom. The standard InChI is InChI=1S/C20H22N10O/c1-12(2)25-16-7-18(23-10-15(16)17-11-29(28-27-17)4-3-5-31)30-20-14(9-24-30)6-13(8-21)19(22)26-20/h6-7,9-12,31H,3-5H2,1-2H3,(H2,22,26)(H,23,25). The molecule has 0 bridgehead atoms. The smallest absolute Gasteiger partial charge is 0.167 e. The number of aryl methyl sites for hydroxylation is 1. The molecule has 4 N–H and O–H groups in total. The maximum atomic E-state index is 9.17. The van der Waals surface area contributed by atoms with Crippen molar-refractivity contribution in [3.05, 3.63) is 36.3 Å². The highest BCUT2D eigenvalue weighted by atomic mass is 16.3. The number of nitrogens with zero attached hydrogens (tertiary/aromatic N) is 8. The summed E-state index contributed by atoms with van der Waals surface area (Å²) >= 11 is 0. The van der Waals surface area contributed by atoms with Gasteiger partial charge in [-0.3, -0.25) is 4.68 Å². The van der Waals surface area contributed by atoms with Gasteiger partial charge < -0.3 is 16.2 Å². The molecular formula is C20H22N10O. The number of nitriles is 1. The molecular weight excluding hydrogens is 396 g/mol. The summed E-state index contributed by atoms with van der Waals surface area (Å²) in [6, 6.07) is 5.72. The molecule has 0 amide bonds. The molecule has 31 heavy (non-hydrogen) atoms. The van der Waals surface area contributed by atoms with Gasteiger partial charge in [0.15, 0.2) is 11.5 Å². The summed E-state index contributed by atoms with van der Waals surface area (Å²) in [5, 5.41) is 35.1. The summed E-state index contributed by atoms with van der Waals surface area (Å²) in [6.07, 6.45) is 5.77. The fourth-order valence-electron chi connectivity index (χ4n) is 3.19. The van der Waals surface area contributed by atoms with Crippen LogP contribution in [0.1, 0.15) is 25.8 Å². The van der Waals surface area contributed by atoms with Gasteiger partial charge in [-0.25, -0.2) is 9.97 Å². The van der Waals surface area contributed by atoms with Crippen LogP contribution in [0.5, 0.6) is 0 Å². The van der Waals surface area contributed by atoms with Crippen LogP contribution in [-0.4, -0.2) is 52.5 Å². The zero-order chi connectivity index (χ0) is 22.0. The highest BCUT2D eigenvalue weighted by Crippen LogP contribution is 2.29. The molecule has 0 atom stereocenters. The Labute approximate surface area is 178 Å². The molecule has 0 saturated heterocycles. The first-order chi connectivity index (χ1) is 15.0. The van der Waals surface area contributed by atoms with Crippen LogP contribution in [0.3, 0.4) is 0 Å². The SMILES string of the molecule is CC(C)Nc1cc(-n2ncc3cc(C#N)c(N)nc32)ncc1-c1cn(CCCO)nn1. The molecule has 0 aliphatic heterocycles. The number of fused-ring (bicyclic) bond motifs is 1. The molecule has 11 heteroatoms. The quantitative estimate of drug-likeness (QED) is 0.406. The van der Waals surface area contributed by atoms with E-state index in [9.17, 15) is 0 Å². The van der Waals surface area contributed by atoms with Gasteiger partial charge in [0.25, 0.3) is 0 Å². The topological polar surface area (TPSA) is 156 Å². The molecule has 4 rings (SSSR count). The van der Waals surface area contributed by atoms with Crippen molar-refractivity contribution in [2.75, 3.05) is 17.7 Å². The van der Waals surface area contributed by atoms with E-state index in [-0.39, 0.29) is 18.5 Å². The molecule has 11 nitrogen and oxygen atoms in total. The van der Waals surface area contributed by atoms with E-state index in [1.807, 2.05) is 32.2 Å². The summed E-state index contributed by atoms with van der Waals surface area (Å²) in [5.41, 5.74) is 9.01. The molecule has 0 spiro atoms. The van der Waals surface area contributed by atoms with Crippen LogP contribution in [0.4, 0.5) is 11.5 Å². The van der Waals surface area contributed by atoms with E-state index in [0.29, 0.717) is 41.1 Å². The fourth-order valence-corrected chi connectivity index (χ4v) is 3.19. The predicted octanol–water partition coefficient (Wildman–Crippen LogP) is 1.73. The van der Waals surface area contributed by atoms with Crippen LogP contribution >= 0.6 is 0 Å². The van der Waals surface area contributed by atoms with Crippen molar-refractivity contribution in [2.45, 2.75) is 32.9 Å². The first kappa shape index (κ1) is 20.2. The summed E-state index contributed by atoms with van der Waals surface area (Å²) in [7, 11) is 0. The third kappa shape index (κ3) is 4.01. The van der Waals surface area contributed by atoms with E-state index in [4.69, 9.17) is 16.1 Å². The number of aromatic nitrogens is 7. The molecule has 4 aromatic heterocycles. The van der Waals surface area contributed by atoms with Crippen LogP contribution < -0.4 is 11.1 Å². The lowest BCUT2D eigenvalue weighted by molar-refractivity contribution is 0.276. The Balaban J connectivity index is 1.77. The molecule has 4 aromatic rings. The Kier molecular flexibility index (Phi) is 5.46. The molecule has 0 aromatic carbocycles. The summed E-state index contributed by atoms with van der Waals surface area (Å²) < 4.78 is 3.28. The zero-order valence-electron chi connectivity index (χ0n) is 17.2. The van der Waals surface area contributed by atoms with Crippen LogP contribution in [0, 0.1) is 11.3 Å². The summed E-state index contributed by atoms with van der Waals surface area (Å²) in [5.74, 6) is 0.694. The van der Waals surface area contributed by atoms with Crippen LogP contribution in [0.2, 0.25) is 0 Å². The van der Waals surface area contributed by atoms with Gasteiger partial charge in [-0.1, -0.05) is 5.21 Å². The van der Waals surface area contributed by atoms with Crippen LogP contribution in [-0.2, 0) is 6.54 Å². The second-order valence-electron chi connectivity index (χ2n) is 7.33. The number of hydrogen-bond acceptors (Lipinski definition) is 9. The average Bonchev–Trinajstić information content (AvgIpc) is 3.38. The van der Waals surface area contributed by atoms with E-state index in [1.54, 1.807) is 27.8 Å².